The quantitative estimate of drug-likeness (QED) is 0.402. The number of rotatable bonds is 6. The number of hydrogen-bond acceptors (Lipinski definition) is 7. The Labute approximate surface area is 189 Å². The van der Waals surface area contributed by atoms with Crippen molar-refractivity contribution in [1.29, 1.82) is 0 Å². The molecule has 1 unspecified atom stereocenters. The second kappa shape index (κ2) is 8.68. The molecule has 3 heterocycles. The van der Waals surface area contributed by atoms with E-state index < -0.39 is 0 Å². The molecule has 8 nitrogen and oxygen atoms in total. The molecule has 0 spiro atoms. The normalized spacial score (nSPS) is 14.8. The molecule has 0 saturated carbocycles. The van der Waals surface area contributed by atoms with E-state index >= 15 is 0 Å². The van der Waals surface area contributed by atoms with Crippen LogP contribution in [0, 0.1) is 0 Å². The maximum absolute atomic E-state index is 6.57. The minimum absolute atomic E-state index is 0.0629. The first-order valence-electron chi connectivity index (χ1n) is 10.2. The third-order valence-electron chi connectivity index (χ3n) is 5.24. The van der Waals surface area contributed by atoms with E-state index in [1.807, 2.05) is 59.2 Å². The summed E-state index contributed by atoms with van der Waals surface area (Å²) in [6.07, 6.45) is 2.31. The molecule has 5 rings (SSSR count). The van der Waals surface area contributed by atoms with Gasteiger partial charge in [-0.2, -0.15) is 4.68 Å². The Morgan fingerprint density at radius 2 is 1.68 bits per heavy atom. The van der Waals surface area contributed by atoms with Crippen LogP contribution in [-0.2, 0) is 0 Å². The zero-order valence-corrected chi connectivity index (χ0v) is 18.5. The van der Waals surface area contributed by atoms with E-state index in [4.69, 9.17) is 11.6 Å². The molecule has 4 aromatic rings. The first kappa shape index (κ1) is 20.0. The van der Waals surface area contributed by atoms with Crippen LogP contribution in [0.4, 0.5) is 5.95 Å². The summed E-state index contributed by atoms with van der Waals surface area (Å²) in [5.74, 6) is 1.57. The SMILES string of the molecule is CC(Sc1nnc(N2CCCC2)n1-c1ccccc1Cl)c1nnnn1-c1ccccc1. The fourth-order valence-corrected chi connectivity index (χ4v) is 4.88. The lowest BCUT2D eigenvalue weighted by molar-refractivity contribution is 0.760. The van der Waals surface area contributed by atoms with E-state index in [2.05, 4.69) is 37.5 Å². The molecule has 1 aliphatic rings. The minimum Gasteiger partial charge on any atom is -0.341 e. The van der Waals surface area contributed by atoms with E-state index in [-0.39, 0.29) is 5.25 Å². The van der Waals surface area contributed by atoms with Crippen molar-refractivity contribution < 1.29 is 0 Å². The number of tetrazole rings is 1. The van der Waals surface area contributed by atoms with Crippen LogP contribution in [0.3, 0.4) is 0 Å². The van der Waals surface area contributed by atoms with Gasteiger partial charge in [0.1, 0.15) is 0 Å². The van der Waals surface area contributed by atoms with Crippen LogP contribution in [0.5, 0.6) is 0 Å². The van der Waals surface area contributed by atoms with E-state index in [1.54, 1.807) is 16.4 Å². The Hall–Kier alpha value is -2.91. The molecule has 2 aromatic carbocycles. The lowest BCUT2D eigenvalue weighted by Gasteiger charge is -2.19. The number of benzene rings is 2. The molecule has 1 atom stereocenters. The molecule has 31 heavy (non-hydrogen) atoms. The fourth-order valence-electron chi connectivity index (χ4n) is 3.72. The van der Waals surface area contributed by atoms with Crippen molar-refractivity contribution in [2.24, 2.45) is 0 Å². The van der Waals surface area contributed by atoms with E-state index in [1.165, 1.54) is 0 Å². The Bertz CT molecular complexity index is 1170. The molecule has 0 radical (unpaired) electrons. The summed E-state index contributed by atoms with van der Waals surface area (Å²) >= 11 is 8.13. The average Bonchev–Trinajstić information content (AvgIpc) is 3.55. The van der Waals surface area contributed by atoms with Gasteiger partial charge in [0.25, 0.3) is 0 Å². The van der Waals surface area contributed by atoms with Gasteiger partial charge in [0.05, 0.1) is 21.6 Å². The predicted octanol–water partition coefficient (Wildman–Crippen LogP) is 4.35. The summed E-state index contributed by atoms with van der Waals surface area (Å²) in [5, 5.41) is 22.8. The van der Waals surface area contributed by atoms with Crippen molar-refractivity contribution in [1.82, 2.24) is 35.0 Å². The number of para-hydroxylation sites is 2. The maximum Gasteiger partial charge on any atom is 0.232 e. The average molecular weight is 453 g/mol. The van der Waals surface area contributed by atoms with Crippen molar-refractivity contribution in [2.45, 2.75) is 30.2 Å². The lowest BCUT2D eigenvalue weighted by atomic mass is 10.3. The zero-order valence-electron chi connectivity index (χ0n) is 17.0. The smallest absolute Gasteiger partial charge is 0.232 e. The molecule has 2 aromatic heterocycles. The monoisotopic (exact) mass is 452 g/mol. The summed E-state index contributed by atoms with van der Waals surface area (Å²) in [7, 11) is 0. The van der Waals surface area contributed by atoms with Gasteiger partial charge in [-0.05, 0) is 54.5 Å². The third-order valence-corrected chi connectivity index (χ3v) is 6.60. The number of halogens is 1. The molecule has 0 N–H and O–H groups in total. The van der Waals surface area contributed by atoms with Gasteiger partial charge in [-0.25, -0.2) is 0 Å². The van der Waals surface area contributed by atoms with Gasteiger partial charge in [0, 0.05) is 13.1 Å². The number of nitrogens with zero attached hydrogens (tertiary/aromatic N) is 8. The predicted molar refractivity (Wildman–Crippen MR) is 121 cm³/mol. The topological polar surface area (TPSA) is 77.6 Å². The van der Waals surface area contributed by atoms with Crippen molar-refractivity contribution in [3.63, 3.8) is 0 Å². The Kier molecular flexibility index (Phi) is 5.61. The van der Waals surface area contributed by atoms with Crippen LogP contribution in [0.2, 0.25) is 5.02 Å². The molecule has 0 aliphatic carbocycles. The molecule has 1 fully saturated rings. The first-order chi connectivity index (χ1) is 15.2. The van der Waals surface area contributed by atoms with Crippen LogP contribution in [0.15, 0.2) is 59.8 Å². The first-order valence-corrected chi connectivity index (χ1v) is 11.4. The molecule has 10 heteroatoms. The molecular weight excluding hydrogens is 432 g/mol. The van der Waals surface area contributed by atoms with E-state index in [0.717, 1.165) is 54.2 Å². The van der Waals surface area contributed by atoms with E-state index in [0.29, 0.717) is 5.02 Å². The summed E-state index contributed by atoms with van der Waals surface area (Å²) < 4.78 is 3.81. The summed E-state index contributed by atoms with van der Waals surface area (Å²) in [5.41, 5.74) is 1.79. The number of anilines is 1. The highest BCUT2D eigenvalue weighted by Gasteiger charge is 2.26. The molecule has 0 amide bonds. The van der Waals surface area contributed by atoms with Gasteiger partial charge in [-0.15, -0.1) is 15.3 Å². The maximum atomic E-state index is 6.57. The second-order valence-electron chi connectivity index (χ2n) is 7.31. The van der Waals surface area contributed by atoms with Gasteiger partial charge in [0.15, 0.2) is 11.0 Å². The number of thioether (sulfide) groups is 1. The lowest BCUT2D eigenvalue weighted by Crippen LogP contribution is -2.22. The largest absolute Gasteiger partial charge is 0.341 e. The fraction of sp³-hybridized carbons (Fsp3) is 0.286. The van der Waals surface area contributed by atoms with Gasteiger partial charge < -0.3 is 4.90 Å². The van der Waals surface area contributed by atoms with Crippen LogP contribution >= 0.6 is 23.4 Å². The van der Waals surface area contributed by atoms with Gasteiger partial charge in [-0.3, -0.25) is 4.57 Å². The highest BCUT2D eigenvalue weighted by atomic mass is 35.5. The molecule has 0 bridgehead atoms. The molecule has 1 aliphatic heterocycles. The van der Waals surface area contributed by atoms with Crippen molar-refractivity contribution in [3.8, 4) is 11.4 Å². The standard InChI is InChI=1S/C21H21ClN8S/c1-15(19-23-26-27-30(19)16-9-3-2-4-10-16)31-21-25-24-20(28-13-7-8-14-28)29(21)18-12-6-5-11-17(18)22/h2-6,9-12,15H,7-8,13-14H2,1H3. The highest BCUT2D eigenvalue weighted by Crippen LogP contribution is 2.38. The van der Waals surface area contributed by atoms with E-state index in [9.17, 15) is 0 Å². The number of aromatic nitrogens is 7. The van der Waals surface area contributed by atoms with Crippen molar-refractivity contribution in [2.75, 3.05) is 18.0 Å². The van der Waals surface area contributed by atoms with Crippen molar-refractivity contribution >= 4 is 29.3 Å². The molecule has 1 saturated heterocycles. The summed E-state index contributed by atoms with van der Waals surface area (Å²) in [6.45, 7) is 4.00. The van der Waals surface area contributed by atoms with Crippen LogP contribution < -0.4 is 4.90 Å². The van der Waals surface area contributed by atoms with Gasteiger partial charge in [0.2, 0.25) is 5.95 Å². The Morgan fingerprint density at radius 3 is 2.45 bits per heavy atom. The minimum atomic E-state index is -0.0629. The van der Waals surface area contributed by atoms with Crippen LogP contribution in [0.25, 0.3) is 11.4 Å². The molecular formula is C21H21ClN8S. The Morgan fingerprint density at radius 1 is 0.935 bits per heavy atom. The van der Waals surface area contributed by atoms with Crippen LogP contribution in [0.1, 0.15) is 30.8 Å². The van der Waals surface area contributed by atoms with Gasteiger partial charge >= 0.3 is 0 Å². The second-order valence-corrected chi connectivity index (χ2v) is 9.02. The summed E-state index contributed by atoms with van der Waals surface area (Å²) in [4.78, 5) is 2.26. The summed E-state index contributed by atoms with van der Waals surface area (Å²) in [6, 6.07) is 17.6. The zero-order chi connectivity index (χ0) is 21.2. The highest BCUT2D eigenvalue weighted by molar-refractivity contribution is 7.99. The van der Waals surface area contributed by atoms with Crippen LogP contribution in [-0.4, -0.2) is 48.1 Å². The third kappa shape index (κ3) is 3.90. The molecule has 158 valence electrons. The number of hydrogen-bond donors (Lipinski definition) is 0. The Balaban J connectivity index is 1.52. The van der Waals surface area contributed by atoms with Crippen molar-refractivity contribution in [3.05, 3.63) is 65.4 Å². The van der Waals surface area contributed by atoms with Gasteiger partial charge in [-0.1, -0.05) is 53.7 Å².